The van der Waals surface area contributed by atoms with Gasteiger partial charge in [-0.3, -0.25) is 14.4 Å². The lowest BCUT2D eigenvalue weighted by Gasteiger charge is -2.37. The summed E-state index contributed by atoms with van der Waals surface area (Å²) >= 11 is 1.78. The van der Waals surface area contributed by atoms with Gasteiger partial charge in [0.05, 0.1) is 17.5 Å². The first-order chi connectivity index (χ1) is 16.9. The topological polar surface area (TPSA) is 90.5 Å². The molecule has 2 aliphatic carbocycles. The zero-order chi connectivity index (χ0) is 24.6. The summed E-state index contributed by atoms with van der Waals surface area (Å²) < 4.78 is 0. The molecule has 8 heteroatoms. The average molecular weight is 499 g/mol. The van der Waals surface area contributed by atoms with Gasteiger partial charge in [-0.25, -0.2) is 0 Å². The van der Waals surface area contributed by atoms with Crippen molar-refractivity contribution in [3.8, 4) is 0 Å². The fraction of sp³-hybridized carbons (Fsp3) is 0.667. The number of rotatable bonds is 5. The van der Waals surface area contributed by atoms with Crippen LogP contribution in [0.1, 0.15) is 75.5 Å². The minimum absolute atomic E-state index is 0.00128. The van der Waals surface area contributed by atoms with Crippen molar-refractivity contribution in [3.05, 3.63) is 35.4 Å². The number of benzene rings is 1. The summed E-state index contributed by atoms with van der Waals surface area (Å²) in [6, 6.07) is 6.96. The minimum Gasteiger partial charge on any atom is -0.347 e. The normalized spacial score (nSPS) is 30.3. The van der Waals surface area contributed by atoms with Crippen molar-refractivity contribution in [1.82, 2.24) is 20.9 Å². The van der Waals surface area contributed by atoms with Gasteiger partial charge in [-0.1, -0.05) is 37.1 Å². The number of carbonyl (C=O) groups excluding carboxylic acids is 3. The molecule has 190 valence electrons. The highest BCUT2D eigenvalue weighted by Crippen LogP contribution is 2.55. The predicted octanol–water partition coefficient (Wildman–Crippen LogP) is 2.90. The molecule has 0 radical (unpaired) electrons. The first-order valence-electron chi connectivity index (χ1n) is 13.2. The number of hydrogen-bond acceptors (Lipinski definition) is 5. The van der Waals surface area contributed by atoms with Crippen LogP contribution in [-0.4, -0.2) is 58.9 Å². The summed E-state index contributed by atoms with van der Waals surface area (Å²) in [7, 11) is 1.74. The van der Waals surface area contributed by atoms with Gasteiger partial charge in [0.15, 0.2) is 0 Å². The number of carbonyl (C=O) groups is 3. The summed E-state index contributed by atoms with van der Waals surface area (Å²) in [5, 5.41) is 9.30. The molecule has 35 heavy (non-hydrogen) atoms. The minimum atomic E-state index is -0.585. The van der Waals surface area contributed by atoms with E-state index in [0.29, 0.717) is 6.42 Å². The van der Waals surface area contributed by atoms with E-state index in [4.69, 9.17) is 0 Å². The van der Waals surface area contributed by atoms with Gasteiger partial charge in [-0.15, -0.1) is 11.8 Å². The van der Waals surface area contributed by atoms with Crippen LogP contribution in [0, 0.1) is 5.41 Å². The van der Waals surface area contributed by atoms with E-state index in [0.717, 1.165) is 57.1 Å². The molecule has 1 aromatic carbocycles. The molecular weight excluding hydrogens is 460 g/mol. The van der Waals surface area contributed by atoms with E-state index in [1.54, 1.807) is 25.7 Å². The van der Waals surface area contributed by atoms with Crippen LogP contribution in [0.3, 0.4) is 0 Å². The van der Waals surface area contributed by atoms with Crippen LogP contribution < -0.4 is 16.0 Å². The molecule has 3 N–H and O–H groups in total. The van der Waals surface area contributed by atoms with Gasteiger partial charge in [0.1, 0.15) is 12.1 Å². The third kappa shape index (κ3) is 4.59. The molecule has 1 saturated carbocycles. The van der Waals surface area contributed by atoms with Gasteiger partial charge in [0, 0.05) is 5.41 Å². The number of nitrogens with one attached hydrogen (secondary N) is 3. The van der Waals surface area contributed by atoms with E-state index in [1.165, 1.54) is 11.1 Å². The second-order valence-electron chi connectivity index (χ2n) is 10.8. The van der Waals surface area contributed by atoms with Gasteiger partial charge in [0.2, 0.25) is 17.7 Å². The standard InChI is InChI=1S/C27H38N4O3S/c1-17(28-2)24(32)30-21-12-15-35-22-16-27(13-5-6-14-27)23(31(22)26(21)34)25(33)29-20-11-7-9-18-8-3-4-10-19(18)20/h3-4,8,10,17,20-23,28H,5-7,9,11-16H2,1-2H3,(H,29,33)(H,30,32)/t17-,20+,21-,22?,23+/m0/s1. The molecule has 2 heterocycles. The van der Waals surface area contributed by atoms with E-state index in [-0.39, 0.29) is 40.6 Å². The Morgan fingerprint density at radius 1 is 1.09 bits per heavy atom. The van der Waals surface area contributed by atoms with Crippen molar-refractivity contribution in [2.24, 2.45) is 5.41 Å². The van der Waals surface area contributed by atoms with Crippen molar-refractivity contribution in [2.45, 2.75) is 94.3 Å². The molecule has 1 unspecified atom stereocenters. The van der Waals surface area contributed by atoms with E-state index in [2.05, 4.69) is 34.1 Å². The largest absolute Gasteiger partial charge is 0.347 e. The molecule has 3 amide bonds. The molecule has 3 fully saturated rings. The molecule has 1 spiro atoms. The molecule has 7 nitrogen and oxygen atoms in total. The number of hydrogen-bond donors (Lipinski definition) is 3. The Morgan fingerprint density at radius 3 is 2.63 bits per heavy atom. The summed E-state index contributed by atoms with van der Waals surface area (Å²) in [6.07, 6.45) is 8.68. The number of aryl methyl sites for hydroxylation is 1. The number of fused-ring (bicyclic) bond motifs is 2. The summed E-state index contributed by atoms with van der Waals surface area (Å²) in [6.45, 7) is 1.79. The van der Waals surface area contributed by atoms with Gasteiger partial charge in [-0.2, -0.15) is 0 Å². The maximum Gasteiger partial charge on any atom is 0.246 e. The lowest BCUT2D eigenvalue weighted by atomic mass is 9.77. The van der Waals surface area contributed by atoms with Crippen LogP contribution >= 0.6 is 11.8 Å². The number of likely N-dealkylation sites (N-methyl/N-ethyl adjacent to an activating group) is 1. The second-order valence-corrected chi connectivity index (χ2v) is 12.0. The Morgan fingerprint density at radius 2 is 1.86 bits per heavy atom. The number of nitrogens with zero attached hydrogens (tertiary/aromatic N) is 1. The first kappa shape index (κ1) is 24.6. The van der Waals surface area contributed by atoms with Crippen LogP contribution in [0.5, 0.6) is 0 Å². The highest BCUT2D eigenvalue weighted by atomic mass is 32.2. The van der Waals surface area contributed by atoms with Crippen molar-refractivity contribution in [2.75, 3.05) is 12.8 Å². The van der Waals surface area contributed by atoms with Crippen LogP contribution in [0.15, 0.2) is 24.3 Å². The third-order valence-electron chi connectivity index (χ3n) is 8.70. The number of amides is 3. The van der Waals surface area contributed by atoms with Crippen LogP contribution in [0.4, 0.5) is 0 Å². The Kier molecular flexibility index (Phi) is 7.13. The predicted molar refractivity (Wildman–Crippen MR) is 138 cm³/mol. The molecule has 2 saturated heterocycles. The molecule has 0 aromatic heterocycles. The molecule has 0 bridgehead atoms. The second kappa shape index (κ2) is 10.1. The van der Waals surface area contributed by atoms with E-state index >= 15 is 0 Å². The Balaban J connectivity index is 1.42. The SMILES string of the molecule is CN[C@@H](C)C(=O)N[C@H]1CCSC2CC3(CCCC3)[C@@H](C(=O)N[C@@H]3CCCc4ccccc43)N2C1=O. The van der Waals surface area contributed by atoms with Crippen LogP contribution in [-0.2, 0) is 20.8 Å². The zero-order valence-corrected chi connectivity index (χ0v) is 21.7. The monoisotopic (exact) mass is 498 g/mol. The molecule has 5 atom stereocenters. The highest BCUT2D eigenvalue weighted by Gasteiger charge is 2.59. The molecule has 4 aliphatic rings. The van der Waals surface area contributed by atoms with Crippen molar-refractivity contribution < 1.29 is 14.4 Å². The molecular formula is C27H38N4O3S. The average Bonchev–Trinajstić information content (AvgIpc) is 3.43. The summed E-state index contributed by atoms with van der Waals surface area (Å²) in [4.78, 5) is 42.5. The fourth-order valence-electron chi connectivity index (χ4n) is 6.73. The van der Waals surface area contributed by atoms with Gasteiger partial charge in [0.25, 0.3) is 0 Å². The maximum atomic E-state index is 14.1. The quantitative estimate of drug-likeness (QED) is 0.581. The summed E-state index contributed by atoms with van der Waals surface area (Å²) in [5.74, 6) is 0.515. The highest BCUT2D eigenvalue weighted by molar-refractivity contribution is 7.99. The smallest absolute Gasteiger partial charge is 0.246 e. The van der Waals surface area contributed by atoms with E-state index < -0.39 is 12.1 Å². The lowest BCUT2D eigenvalue weighted by Crippen LogP contribution is -2.58. The van der Waals surface area contributed by atoms with E-state index in [9.17, 15) is 14.4 Å². The van der Waals surface area contributed by atoms with Gasteiger partial charge < -0.3 is 20.9 Å². The van der Waals surface area contributed by atoms with Crippen LogP contribution in [0.25, 0.3) is 0 Å². The molecule has 1 aromatic rings. The van der Waals surface area contributed by atoms with Gasteiger partial charge >= 0.3 is 0 Å². The summed E-state index contributed by atoms with van der Waals surface area (Å²) in [5.41, 5.74) is 2.37. The van der Waals surface area contributed by atoms with E-state index in [1.807, 2.05) is 11.0 Å². The van der Waals surface area contributed by atoms with Crippen LogP contribution in [0.2, 0.25) is 0 Å². The molecule has 2 aliphatic heterocycles. The maximum absolute atomic E-state index is 14.1. The Hall–Kier alpha value is -2.06. The third-order valence-corrected chi connectivity index (χ3v) is 9.95. The van der Waals surface area contributed by atoms with Crippen molar-refractivity contribution in [1.29, 1.82) is 0 Å². The Bertz CT molecular complexity index is 979. The Labute approximate surface area is 212 Å². The van der Waals surface area contributed by atoms with Crippen molar-refractivity contribution in [3.63, 3.8) is 0 Å². The van der Waals surface area contributed by atoms with Gasteiger partial charge in [-0.05, 0) is 75.8 Å². The lowest BCUT2D eigenvalue weighted by molar-refractivity contribution is -0.144. The molecule has 5 rings (SSSR count). The fourth-order valence-corrected chi connectivity index (χ4v) is 8.21. The first-order valence-corrected chi connectivity index (χ1v) is 14.3. The zero-order valence-electron chi connectivity index (χ0n) is 20.8. The van der Waals surface area contributed by atoms with Crippen molar-refractivity contribution >= 4 is 29.5 Å². The number of thioether (sulfide) groups is 1.